The van der Waals surface area contributed by atoms with Gasteiger partial charge in [0.25, 0.3) is 0 Å². The van der Waals surface area contributed by atoms with Crippen molar-refractivity contribution in [1.29, 1.82) is 0 Å². The van der Waals surface area contributed by atoms with Gasteiger partial charge in [-0.2, -0.15) is 0 Å². The lowest BCUT2D eigenvalue weighted by Gasteiger charge is -2.32. The number of nitrogens with zero attached hydrogens (tertiary/aromatic N) is 4. The van der Waals surface area contributed by atoms with Gasteiger partial charge in [0.15, 0.2) is 0 Å². The summed E-state index contributed by atoms with van der Waals surface area (Å²) in [6.07, 6.45) is 8.04. The number of nitrogen functional groups attached to an aromatic ring is 4. The summed E-state index contributed by atoms with van der Waals surface area (Å²) >= 11 is 0. The molecule has 2 heterocycles. The first-order valence-corrected chi connectivity index (χ1v) is 22.5. The van der Waals surface area contributed by atoms with Crippen LogP contribution in [0.1, 0.15) is 51.7 Å². The number of benzene rings is 6. The van der Waals surface area contributed by atoms with Crippen LogP contribution in [0.25, 0.3) is 65.6 Å². The third-order valence-electron chi connectivity index (χ3n) is 13.7. The van der Waals surface area contributed by atoms with Crippen molar-refractivity contribution >= 4 is 66.1 Å². The van der Waals surface area contributed by atoms with Crippen LogP contribution in [-0.4, -0.2) is 72.3 Å². The number of hydrogen-bond donors (Lipinski definition) is 4. The molecule has 8 aromatic rings. The molecule has 336 valence electrons. The quantitative estimate of drug-likeness (QED) is 0.0508. The third kappa shape index (κ3) is 10.8. The summed E-state index contributed by atoms with van der Waals surface area (Å²) in [4.78, 5) is 9.32. The Morgan fingerprint density at radius 1 is 0.453 bits per heavy atom. The topological polar surface area (TPSA) is 130 Å². The van der Waals surface area contributed by atoms with E-state index < -0.39 is 0 Å². The number of halogens is 2. The Balaban J connectivity index is 0.000000234. The zero-order valence-corrected chi connectivity index (χ0v) is 42.8. The summed E-state index contributed by atoms with van der Waals surface area (Å²) in [5, 5.41) is 6.57. The molecule has 0 aliphatic heterocycles. The number of aryl methyl sites for hydroxylation is 2. The molecule has 0 atom stereocenters. The minimum atomic E-state index is 0. The van der Waals surface area contributed by atoms with Crippen LogP contribution in [0.3, 0.4) is 0 Å². The normalized spacial score (nSPS) is 11.6. The van der Waals surface area contributed by atoms with Crippen LogP contribution in [0.15, 0.2) is 122 Å². The molecule has 64 heavy (non-hydrogen) atoms. The molecule has 8 N–H and O–H groups in total. The lowest BCUT2D eigenvalue weighted by Crippen LogP contribution is -3.00. The summed E-state index contributed by atoms with van der Waals surface area (Å²) in [5.41, 5.74) is 37.9. The maximum absolute atomic E-state index is 6.56. The van der Waals surface area contributed by atoms with E-state index in [0.29, 0.717) is 0 Å². The number of pyridine rings is 2. The Hall–Kier alpha value is -4.76. The van der Waals surface area contributed by atoms with Crippen molar-refractivity contribution in [3.05, 3.63) is 133 Å². The fraction of sp³-hybridized carbons (Fsp3) is 0.296. The molecule has 0 unspecified atom stereocenters. The predicted molar refractivity (Wildman–Crippen MR) is 268 cm³/mol. The van der Waals surface area contributed by atoms with Gasteiger partial charge < -0.3 is 79.9 Å². The molecule has 2 aromatic heterocycles. The maximum Gasteiger partial charge on any atom is 0.0787 e. The molecule has 0 fully saturated rings. The number of hydrogen-bond acceptors (Lipinski definition) is 6. The van der Waals surface area contributed by atoms with Crippen molar-refractivity contribution < 1.29 is 56.9 Å². The summed E-state index contributed by atoms with van der Waals surface area (Å²) < 4.78 is 2.17. The highest BCUT2D eigenvalue weighted by Crippen LogP contribution is 2.40. The van der Waals surface area contributed by atoms with Gasteiger partial charge in [0, 0.05) is 69.5 Å². The molecule has 0 spiro atoms. The van der Waals surface area contributed by atoms with Crippen LogP contribution < -0.4 is 70.9 Å². The summed E-state index contributed by atoms with van der Waals surface area (Å²) in [6, 6.07) is 37.3. The highest BCUT2D eigenvalue weighted by Gasteiger charge is 2.21. The number of rotatable bonds is 14. The van der Waals surface area contributed by atoms with E-state index in [-0.39, 0.29) is 48.0 Å². The highest BCUT2D eigenvalue weighted by molar-refractivity contribution is 6.15. The van der Waals surface area contributed by atoms with Gasteiger partial charge in [0.2, 0.25) is 0 Å². The number of fused-ring (bicyclic) bond motifs is 6. The van der Waals surface area contributed by atoms with Crippen molar-refractivity contribution in [2.45, 2.75) is 53.4 Å². The van der Waals surface area contributed by atoms with Crippen molar-refractivity contribution in [2.75, 3.05) is 76.3 Å². The van der Waals surface area contributed by atoms with Crippen molar-refractivity contribution in [1.82, 2.24) is 9.97 Å². The Morgan fingerprint density at radius 2 is 0.812 bits per heavy atom. The van der Waals surface area contributed by atoms with Crippen molar-refractivity contribution in [2.24, 2.45) is 0 Å². The van der Waals surface area contributed by atoms with Gasteiger partial charge in [-0.1, -0.05) is 60.7 Å². The monoisotopic (exact) mass is 1080 g/mol. The van der Waals surface area contributed by atoms with E-state index in [4.69, 9.17) is 22.9 Å². The third-order valence-corrected chi connectivity index (χ3v) is 13.7. The molecule has 0 aliphatic carbocycles. The van der Waals surface area contributed by atoms with Gasteiger partial charge in [-0.25, -0.2) is 0 Å². The van der Waals surface area contributed by atoms with E-state index in [1.54, 1.807) is 0 Å². The van der Waals surface area contributed by atoms with Gasteiger partial charge in [0.05, 0.1) is 64.4 Å². The SMILES string of the molecule is CC[N+](C)(CC)CCCc1c(-c2ccccc2)cc(N)c2cnc3ccc(N)cc3c12.CC[N+](C)(CC)CCCc1c(-c2ccccc2)cc(N)c2cnc3ccc(N)cc3c12.[I-].[I-]. The molecule has 0 bridgehead atoms. The van der Waals surface area contributed by atoms with Crippen LogP contribution >= 0.6 is 0 Å². The highest BCUT2D eigenvalue weighted by atomic mass is 127. The fourth-order valence-corrected chi connectivity index (χ4v) is 9.04. The van der Waals surface area contributed by atoms with Gasteiger partial charge in [-0.3, -0.25) is 9.97 Å². The minimum absolute atomic E-state index is 0. The second-order valence-electron chi connectivity index (χ2n) is 17.5. The van der Waals surface area contributed by atoms with E-state index >= 15 is 0 Å². The van der Waals surface area contributed by atoms with E-state index in [9.17, 15) is 0 Å². The van der Waals surface area contributed by atoms with Gasteiger partial charge in [-0.15, -0.1) is 0 Å². The smallest absolute Gasteiger partial charge is 0.0787 e. The molecule has 6 aromatic carbocycles. The summed E-state index contributed by atoms with van der Waals surface area (Å²) in [6.45, 7) is 16.0. The lowest BCUT2D eigenvalue weighted by atomic mass is 9.89. The van der Waals surface area contributed by atoms with Crippen LogP contribution in [0.5, 0.6) is 0 Å². The minimum Gasteiger partial charge on any atom is -1.00 e. The Labute approximate surface area is 414 Å². The van der Waals surface area contributed by atoms with Crippen molar-refractivity contribution in [3.63, 3.8) is 0 Å². The molecular formula is C54H66I2N8. The Bertz CT molecular complexity index is 2630. The standard InChI is InChI=1S/2C27H33N4.2HI/c2*1-4-31(3,5-2)15-9-12-21-22(19-10-7-6-8-11-19)17-25(29)24-18-30-26-14-13-20(28)16-23(26)27(21)24;;/h2*6-8,10-11,13-14,16-18H,4-5,9,12,15,28-29H2,1-3H3;2*1H/q2*+1;;/p-2. The molecule has 0 saturated carbocycles. The molecule has 10 heteroatoms. The molecule has 0 amide bonds. The van der Waals surface area contributed by atoms with E-state index in [1.165, 1.54) is 44.2 Å². The second kappa shape index (κ2) is 21.9. The average molecular weight is 1080 g/mol. The first kappa shape index (κ1) is 50.2. The van der Waals surface area contributed by atoms with Gasteiger partial charge >= 0.3 is 0 Å². The molecule has 0 saturated heterocycles. The molecular weight excluding hydrogens is 1010 g/mol. The Kier molecular flexibility index (Phi) is 17.2. The van der Waals surface area contributed by atoms with E-state index in [2.05, 4.69) is 125 Å². The number of aromatic nitrogens is 2. The zero-order valence-electron chi connectivity index (χ0n) is 38.5. The zero-order chi connectivity index (χ0) is 44.0. The molecule has 8 rings (SSSR count). The summed E-state index contributed by atoms with van der Waals surface area (Å²) in [5.74, 6) is 0. The molecule has 0 aliphatic rings. The lowest BCUT2D eigenvalue weighted by molar-refractivity contribution is -0.906. The van der Waals surface area contributed by atoms with Crippen LogP contribution in [0.2, 0.25) is 0 Å². The average Bonchev–Trinajstić information content (AvgIpc) is 3.30. The first-order chi connectivity index (χ1) is 29.9. The number of nitrogens with two attached hydrogens (primary N) is 4. The summed E-state index contributed by atoms with van der Waals surface area (Å²) in [7, 11) is 4.69. The number of quaternary nitrogens is 2. The van der Waals surface area contributed by atoms with Gasteiger partial charge in [0.1, 0.15) is 0 Å². The van der Waals surface area contributed by atoms with Crippen LogP contribution in [0.4, 0.5) is 22.7 Å². The second-order valence-corrected chi connectivity index (χ2v) is 17.5. The molecule has 0 radical (unpaired) electrons. The van der Waals surface area contributed by atoms with E-state index in [1.807, 2.05) is 48.8 Å². The molecule has 8 nitrogen and oxygen atoms in total. The van der Waals surface area contributed by atoms with Gasteiger partial charge in [-0.05, 0) is 133 Å². The van der Waals surface area contributed by atoms with Crippen LogP contribution in [-0.2, 0) is 12.8 Å². The van der Waals surface area contributed by atoms with Crippen molar-refractivity contribution in [3.8, 4) is 22.3 Å². The maximum atomic E-state index is 6.56. The number of anilines is 4. The Morgan fingerprint density at radius 3 is 1.16 bits per heavy atom. The van der Waals surface area contributed by atoms with E-state index in [0.717, 1.165) is 129 Å². The fourth-order valence-electron chi connectivity index (χ4n) is 9.04. The largest absolute Gasteiger partial charge is 1.00 e. The predicted octanol–water partition coefficient (Wildman–Crippen LogP) is 5.28. The first-order valence-electron chi connectivity index (χ1n) is 22.5. The van der Waals surface area contributed by atoms with Crippen LogP contribution in [0, 0.1) is 0 Å².